The molecule has 1 heterocycles. The summed E-state index contributed by atoms with van der Waals surface area (Å²) in [7, 11) is 0. The second-order valence-electron chi connectivity index (χ2n) is 7.23. The molecule has 0 bridgehead atoms. The number of aliphatic hydroxyl groups is 1. The number of hydrogen-bond acceptors (Lipinski definition) is 5. The fraction of sp³-hybridized carbons (Fsp3) is 0.526. The summed E-state index contributed by atoms with van der Waals surface area (Å²) < 4.78 is 11.4. The minimum atomic E-state index is -0.573. The number of ether oxygens (including phenoxy) is 2. The van der Waals surface area contributed by atoms with E-state index in [0.717, 1.165) is 10.9 Å². The van der Waals surface area contributed by atoms with Crippen LogP contribution in [-0.4, -0.2) is 41.0 Å². The molecule has 0 saturated carbocycles. The van der Waals surface area contributed by atoms with Crippen molar-refractivity contribution in [2.75, 3.05) is 13.2 Å². The van der Waals surface area contributed by atoms with Gasteiger partial charge in [-0.1, -0.05) is 6.07 Å². The number of benzene rings is 1. The minimum Gasteiger partial charge on any atom is -0.490 e. The van der Waals surface area contributed by atoms with Gasteiger partial charge in [-0.15, -0.1) is 0 Å². The number of nitrogens with one attached hydrogen (secondary N) is 1. The highest BCUT2D eigenvalue weighted by molar-refractivity contribution is 5.85. The summed E-state index contributed by atoms with van der Waals surface area (Å²) in [6.45, 7) is 10.8. The van der Waals surface area contributed by atoms with Crippen LogP contribution in [-0.2, 0) is 0 Å². The van der Waals surface area contributed by atoms with E-state index in [1.165, 1.54) is 0 Å². The number of nitrogens with zero attached hydrogens (tertiary/aromatic N) is 1. The molecule has 2 rings (SSSR count). The first-order chi connectivity index (χ1) is 11.2. The average molecular weight is 332 g/mol. The van der Waals surface area contributed by atoms with Crippen LogP contribution in [0.1, 0.15) is 34.6 Å². The molecule has 1 atom stereocenters. The van der Waals surface area contributed by atoms with E-state index < -0.39 is 6.10 Å². The lowest BCUT2D eigenvalue weighted by molar-refractivity contribution is 0.101. The SMILES string of the molecule is CC(C)Oc1ccc2c(OCC(O)CNC(C)(C)C)cccc2n1. The van der Waals surface area contributed by atoms with Crippen molar-refractivity contribution in [2.24, 2.45) is 0 Å². The van der Waals surface area contributed by atoms with Crippen LogP contribution in [0.2, 0.25) is 0 Å². The molecule has 1 aromatic carbocycles. The monoisotopic (exact) mass is 332 g/mol. The first kappa shape index (κ1) is 18.5. The lowest BCUT2D eigenvalue weighted by Gasteiger charge is -2.23. The van der Waals surface area contributed by atoms with E-state index in [9.17, 15) is 5.11 Å². The van der Waals surface area contributed by atoms with E-state index in [4.69, 9.17) is 9.47 Å². The number of β-amino-alcohol motifs (C(OH)–C–C–N with tert-alkyl or cyclic N) is 1. The van der Waals surface area contributed by atoms with Gasteiger partial charge in [0.05, 0.1) is 11.6 Å². The Morgan fingerprint density at radius 3 is 2.58 bits per heavy atom. The fourth-order valence-corrected chi connectivity index (χ4v) is 2.21. The maximum atomic E-state index is 10.1. The van der Waals surface area contributed by atoms with Gasteiger partial charge in [-0.3, -0.25) is 0 Å². The van der Waals surface area contributed by atoms with Crippen LogP contribution >= 0.6 is 0 Å². The lowest BCUT2D eigenvalue weighted by atomic mass is 10.1. The van der Waals surface area contributed by atoms with E-state index in [1.54, 1.807) is 0 Å². The molecule has 24 heavy (non-hydrogen) atoms. The third-order valence-corrected chi connectivity index (χ3v) is 3.32. The van der Waals surface area contributed by atoms with Gasteiger partial charge in [0.25, 0.3) is 0 Å². The van der Waals surface area contributed by atoms with Crippen LogP contribution < -0.4 is 14.8 Å². The van der Waals surface area contributed by atoms with Crippen LogP contribution in [0.3, 0.4) is 0 Å². The Bertz CT molecular complexity index is 665. The van der Waals surface area contributed by atoms with Crippen molar-refractivity contribution in [3.8, 4) is 11.6 Å². The quantitative estimate of drug-likeness (QED) is 0.815. The number of hydrogen-bond donors (Lipinski definition) is 2. The Hall–Kier alpha value is -1.85. The Morgan fingerprint density at radius 2 is 1.92 bits per heavy atom. The molecule has 1 unspecified atom stereocenters. The first-order valence-corrected chi connectivity index (χ1v) is 8.37. The van der Waals surface area contributed by atoms with Crippen molar-refractivity contribution in [1.29, 1.82) is 0 Å². The molecule has 5 nitrogen and oxygen atoms in total. The Balaban J connectivity index is 2.04. The summed E-state index contributed by atoms with van der Waals surface area (Å²) in [5, 5.41) is 14.2. The maximum absolute atomic E-state index is 10.1. The zero-order chi connectivity index (χ0) is 17.7. The number of rotatable bonds is 7. The molecule has 0 aliphatic heterocycles. The summed E-state index contributed by atoms with van der Waals surface area (Å²) in [5.41, 5.74) is 0.782. The highest BCUT2D eigenvalue weighted by Gasteiger charge is 2.13. The smallest absolute Gasteiger partial charge is 0.214 e. The molecule has 0 radical (unpaired) electrons. The number of fused-ring (bicyclic) bond motifs is 1. The van der Waals surface area contributed by atoms with Gasteiger partial charge in [-0.25, -0.2) is 4.98 Å². The fourth-order valence-electron chi connectivity index (χ4n) is 2.21. The van der Waals surface area contributed by atoms with E-state index in [0.29, 0.717) is 18.2 Å². The van der Waals surface area contributed by atoms with E-state index in [1.807, 2.05) is 44.2 Å². The predicted octanol–water partition coefficient (Wildman–Crippen LogP) is 3.15. The molecule has 0 aliphatic rings. The molecule has 1 aromatic heterocycles. The standard InChI is InChI=1S/C19H28N2O3/c1-13(2)24-18-10-9-15-16(21-18)7-6-8-17(15)23-12-14(22)11-20-19(3,4)5/h6-10,13-14,20,22H,11-12H2,1-5H3. The van der Waals surface area contributed by atoms with Gasteiger partial charge in [0.1, 0.15) is 18.5 Å². The van der Waals surface area contributed by atoms with Crippen LogP contribution in [0.25, 0.3) is 10.9 Å². The van der Waals surface area contributed by atoms with Crippen molar-refractivity contribution in [3.05, 3.63) is 30.3 Å². The van der Waals surface area contributed by atoms with Crippen molar-refractivity contribution in [1.82, 2.24) is 10.3 Å². The highest BCUT2D eigenvalue weighted by Crippen LogP contribution is 2.26. The van der Waals surface area contributed by atoms with Crippen molar-refractivity contribution in [2.45, 2.75) is 52.4 Å². The molecular weight excluding hydrogens is 304 g/mol. The zero-order valence-electron chi connectivity index (χ0n) is 15.2. The molecule has 0 amide bonds. The van der Waals surface area contributed by atoms with Crippen LogP contribution in [0.15, 0.2) is 30.3 Å². The largest absolute Gasteiger partial charge is 0.490 e. The van der Waals surface area contributed by atoms with Gasteiger partial charge in [-0.05, 0) is 52.8 Å². The molecule has 2 aromatic rings. The molecule has 0 fully saturated rings. The van der Waals surface area contributed by atoms with Crippen molar-refractivity contribution >= 4 is 10.9 Å². The molecule has 0 saturated heterocycles. The maximum Gasteiger partial charge on any atom is 0.214 e. The Labute approximate surface area is 144 Å². The number of aromatic nitrogens is 1. The summed E-state index contributed by atoms with van der Waals surface area (Å²) in [4.78, 5) is 4.49. The third kappa shape index (κ3) is 5.65. The summed E-state index contributed by atoms with van der Waals surface area (Å²) in [5.74, 6) is 1.31. The molecule has 0 spiro atoms. The number of pyridine rings is 1. The van der Waals surface area contributed by atoms with Gasteiger partial charge in [0.2, 0.25) is 5.88 Å². The van der Waals surface area contributed by atoms with Crippen LogP contribution in [0, 0.1) is 0 Å². The summed E-state index contributed by atoms with van der Waals surface area (Å²) >= 11 is 0. The van der Waals surface area contributed by atoms with Gasteiger partial charge < -0.3 is 19.9 Å². The van der Waals surface area contributed by atoms with Crippen LogP contribution in [0.4, 0.5) is 0 Å². The highest BCUT2D eigenvalue weighted by atomic mass is 16.5. The summed E-state index contributed by atoms with van der Waals surface area (Å²) in [6.07, 6.45) is -0.490. The Morgan fingerprint density at radius 1 is 1.17 bits per heavy atom. The topological polar surface area (TPSA) is 63.6 Å². The van der Waals surface area contributed by atoms with Gasteiger partial charge in [0, 0.05) is 23.5 Å². The molecule has 0 aliphatic carbocycles. The molecule has 5 heteroatoms. The van der Waals surface area contributed by atoms with E-state index in [-0.39, 0.29) is 18.2 Å². The van der Waals surface area contributed by atoms with Crippen molar-refractivity contribution in [3.63, 3.8) is 0 Å². The average Bonchev–Trinajstić information content (AvgIpc) is 2.49. The van der Waals surface area contributed by atoms with Gasteiger partial charge in [0.15, 0.2) is 0 Å². The van der Waals surface area contributed by atoms with Crippen LogP contribution in [0.5, 0.6) is 11.6 Å². The summed E-state index contributed by atoms with van der Waals surface area (Å²) in [6, 6.07) is 9.48. The predicted molar refractivity (Wildman–Crippen MR) is 96.8 cm³/mol. The van der Waals surface area contributed by atoms with E-state index in [2.05, 4.69) is 31.1 Å². The Kier molecular flexibility index (Phi) is 6.02. The molecule has 132 valence electrons. The molecular formula is C19H28N2O3. The van der Waals surface area contributed by atoms with Crippen molar-refractivity contribution < 1.29 is 14.6 Å². The van der Waals surface area contributed by atoms with E-state index >= 15 is 0 Å². The first-order valence-electron chi connectivity index (χ1n) is 8.37. The minimum absolute atomic E-state index is 0.0306. The zero-order valence-corrected chi connectivity index (χ0v) is 15.2. The molecule has 2 N–H and O–H groups in total. The lowest BCUT2D eigenvalue weighted by Crippen LogP contribution is -2.42. The van der Waals surface area contributed by atoms with Gasteiger partial charge >= 0.3 is 0 Å². The van der Waals surface area contributed by atoms with Gasteiger partial charge in [-0.2, -0.15) is 0 Å². The number of aliphatic hydroxyl groups excluding tert-OH is 1. The normalized spacial score (nSPS) is 13.3. The third-order valence-electron chi connectivity index (χ3n) is 3.32. The second-order valence-corrected chi connectivity index (χ2v) is 7.23. The second kappa shape index (κ2) is 7.81.